The van der Waals surface area contributed by atoms with Gasteiger partial charge in [-0.25, -0.2) is 0 Å². The van der Waals surface area contributed by atoms with Gasteiger partial charge < -0.3 is 9.64 Å². The largest absolute Gasteiger partial charge is 0.429 e. The van der Waals surface area contributed by atoms with Crippen LogP contribution in [0.25, 0.3) is 33.1 Å². The monoisotopic (exact) mass is 389 g/mol. The molecule has 4 aromatic rings. The van der Waals surface area contributed by atoms with Crippen molar-refractivity contribution >= 4 is 56.6 Å². The average Bonchev–Trinajstić information content (AvgIpc) is 3.01. The molecule has 0 radical (unpaired) electrons. The summed E-state index contributed by atoms with van der Waals surface area (Å²) in [4.78, 5) is 12.7. The van der Waals surface area contributed by atoms with Crippen LogP contribution in [0, 0.1) is 0 Å². The Morgan fingerprint density at radius 2 is 1.79 bits per heavy atom. The summed E-state index contributed by atoms with van der Waals surface area (Å²) in [7, 11) is 6.18. The molecule has 140 valence electrons. The fraction of sp³-hybridized carbons (Fsp3) is 0.130. The zero-order chi connectivity index (χ0) is 19.7. The number of fused-ring (bicyclic) bond motifs is 2. The van der Waals surface area contributed by atoms with Crippen molar-refractivity contribution in [2.24, 2.45) is 7.05 Å². The molecule has 0 atom stereocenters. The van der Waals surface area contributed by atoms with Gasteiger partial charge in [-0.2, -0.15) is 4.57 Å². The van der Waals surface area contributed by atoms with Crippen LogP contribution < -0.4 is 14.2 Å². The normalized spacial score (nSPS) is 11.4. The third kappa shape index (κ3) is 3.25. The highest BCUT2D eigenvalue weighted by molar-refractivity contribution is 7.18. The van der Waals surface area contributed by atoms with Crippen molar-refractivity contribution in [2.75, 3.05) is 19.0 Å². The van der Waals surface area contributed by atoms with Gasteiger partial charge in [0.15, 0.2) is 0 Å². The van der Waals surface area contributed by atoms with E-state index in [1.807, 2.05) is 25.2 Å². The number of hydrogen-bond donors (Lipinski definition) is 0. The van der Waals surface area contributed by atoms with Crippen LogP contribution in [0.3, 0.4) is 0 Å². The molecule has 3 aromatic carbocycles. The number of carbonyl (C=O) groups excluding carboxylic acids is 1. The zero-order valence-electron chi connectivity index (χ0n) is 16.0. The molecule has 5 heteroatoms. The van der Waals surface area contributed by atoms with Crippen molar-refractivity contribution in [1.29, 1.82) is 0 Å². The maximum absolute atomic E-state index is 10.6. The van der Waals surface area contributed by atoms with E-state index >= 15 is 0 Å². The lowest BCUT2D eigenvalue weighted by Gasteiger charge is -2.16. The second kappa shape index (κ2) is 7.44. The summed E-state index contributed by atoms with van der Waals surface area (Å²) in [6.45, 7) is 0.456. The highest BCUT2D eigenvalue weighted by Gasteiger charge is 2.15. The molecular weight excluding hydrogens is 368 g/mol. The molecule has 0 aliphatic carbocycles. The number of anilines is 1. The van der Waals surface area contributed by atoms with Crippen molar-refractivity contribution in [2.45, 2.75) is 0 Å². The van der Waals surface area contributed by atoms with Crippen molar-refractivity contribution in [1.82, 2.24) is 0 Å². The first-order valence-corrected chi connectivity index (χ1v) is 9.80. The van der Waals surface area contributed by atoms with Crippen LogP contribution in [-0.4, -0.2) is 20.6 Å². The molecule has 0 unspecified atom stereocenters. The lowest BCUT2D eigenvalue weighted by atomic mass is 10.0. The Labute approximate surface area is 167 Å². The van der Waals surface area contributed by atoms with Crippen molar-refractivity contribution in [3.8, 4) is 5.75 Å². The van der Waals surface area contributed by atoms with Gasteiger partial charge in [0.2, 0.25) is 5.52 Å². The number of benzene rings is 3. The minimum absolute atomic E-state index is 0.456. The van der Waals surface area contributed by atoms with Gasteiger partial charge in [-0.1, -0.05) is 41.7 Å². The summed E-state index contributed by atoms with van der Waals surface area (Å²) in [5.41, 5.74) is 3.50. The third-order valence-electron chi connectivity index (χ3n) is 4.84. The molecule has 0 fully saturated rings. The Kier molecular flexibility index (Phi) is 4.84. The van der Waals surface area contributed by atoms with Gasteiger partial charge >= 0.3 is 0 Å². The number of nitrogens with zero attached hydrogens (tertiary/aromatic N) is 2. The molecule has 0 saturated carbocycles. The van der Waals surface area contributed by atoms with Crippen LogP contribution in [-0.2, 0) is 11.8 Å². The number of aryl methyl sites for hydroxylation is 1. The van der Waals surface area contributed by atoms with E-state index in [9.17, 15) is 4.79 Å². The van der Waals surface area contributed by atoms with E-state index in [0.717, 1.165) is 15.2 Å². The average molecular weight is 390 g/mol. The molecule has 4 rings (SSSR count). The number of thiazole rings is 1. The van der Waals surface area contributed by atoms with Crippen molar-refractivity contribution in [3.05, 3.63) is 65.2 Å². The van der Waals surface area contributed by atoms with Crippen LogP contribution in [0.5, 0.6) is 5.75 Å². The van der Waals surface area contributed by atoms with Gasteiger partial charge in [-0.05, 0) is 29.2 Å². The number of rotatable bonds is 5. The first kappa shape index (κ1) is 18.2. The number of aromatic nitrogens is 1. The van der Waals surface area contributed by atoms with Gasteiger partial charge in [-0.3, -0.25) is 4.79 Å². The Bertz CT molecular complexity index is 1210. The Balaban J connectivity index is 1.76. The van der Waals surface area contributed by atoms with E-state index in [1.54, 1.807) is 11.3 Å². The zero-order valence-corrected chi connectivity index (χ0v) is 16.9. The predicted octanol–water partition coefficient (Wildman–Crippen LogP) is 4.65. The number of ether oxygens (including phenoxy) is 1. The molecule has 28 heavy (non-hydrogen) atoms. The summed E-state index contributed by atoms with van der Waals surface area (Å²) >= 11 is 1.67. The Morgan fingerprint density at radius 3 is 2.54 bits per heavy atom. The van der Waals surface area contributed by atoms with Crippen LogP contribution in [0.15, 0.2) is 54.6 Å². The minimum Gasteiger partial charge on any atom is -0.429 e. The fourth-order valence-electron chi connectivity index (χ4n) is 3.43. The number of hydrogen-bond acceptors (Lipinski definition) is 4. The second-order valence-electron chi connectivity index (χ2n) is 6.79. The summed E-state index contributed by atoms with van der Waals surface area (Å²) in [6.07, 6.45) is 4.30. The highest BCUT2D eigenvalue weighted by atomic mass is 32.1. The van der Waals surface area contributed by atoms with Gasteiger partial charge in [-0.15, -0.1) is 0 Å². The van der Waals surface area contributed by atoms with Gasteiger partial charge in [0.1, 0.15) is 17.5 Å². The van der Waals surface area contributed by atoms with Crippen LogP contribution in [0.1, 0.15) is 10.6 Å². The molecule has 0 N–H and O–H groups in total. The van der Waals surface area contributed by atoms with E-state index in [-0.39, 0.29) is 0 Å². The van der Waals surface area contributed by atoms with E-state index in [4.69, 9.17) is 4.74 Å². The highest BCUT2D eigenvalue weighted by Crippen LogP contribution is 2.30. The summed E-state index contributed by atoms with van der Waals surface area (Å²) in [6, 6.07) is 18.5. The van der Waals surface area contributed by atoms with E-state index in [1.165, 1.54) is 22.0 Å². The lowest BCUT2D eigenvalue weighted by Crippen LogP contribution is -2.28. The van der Waals surface area contributed by atoms with Crippen LogP contribution >= 0.6 is 11.3 Å². The topological polar surface area (TPSA) is 33.4 Å². The molecule has 1 aromatic heterocycles. The standard InChI is InChI=1S/C23H21N2O2S/c1-24(2)20-11-8-16(18-6-4-5-7-19(18)20)9-13-23-25(3)21-12-10-17(27-15-26)14-22(21)28-23/h4-15H,1-3H3/q+1. The third-order valence-corrected chi connectivity index (χ3v) is 6.01. The molecular formula is C23H21N2O2S+. The Morgan fingerprint density at radius 1 is 1.00 bits per heavy atom. The van der Waals surface area contributed by atoms with E-state index < -0.39 is 0 Å². The van der Waals surface area contributed by atoms with Gasteiger partial charge in [0, 0.05) is 43.4 Å². The molecule has 0 aliphatic heterocycles. The fourth-order valence-corrected chi connectivity index (χ4v) is 4.51. The minimum atomic E-state index is 0.456. The molecule has 1 heterocycles. The van der Waals surface area contributed by atoms with Gasteiger partial charge in [0.25, 0.3) is 11.5 Å². The Hall–Kier alpha value is -3.18. The van der Waals surface area contributed by atoms with E-state index in [2.05, 4.69) is 72.1 Å². The van der Waals surface area contributed by atoms with Crippen molar-refractivity contribution in [3.63, 3.8) is 0 Å². The van der Waals surface area contributed by atoms with E-state index in [0.29, 0.717) is 12.2 Å². The first-order valence-electron chi connectivity index (χ1n) is 8.98. The first-order chi connectivity index (χ1) is 13.6. The molecule has 0 aliphatic rings. The quantitative estimate of drug-likeness (QED) is 0.368. The molecule has 0 amide bonds. The lowest BCUT2D eigenvalue weighted by molar-refractivity contribution is -0.642. The SMILES string of the molecule is CN(C)c1ccc(C=Cc2sc3cc(OC=O)ccc3[n+]2C)c2ccccc12. The molecule has 0 spiro atoms. The van der Waals surface area contributed by atoms with Gasteiger partial charge in [0.05, 0.1) is 0 Å². The smallest absolute Gasteiger partial charge is 0.298 e. The summed E-state index contributed by atoms with van der Waals surface area (Å²) in [5, 5.41) is 3.60. The summed E-state index contributed by atoms with van der Waals surface area (Å²) in [5.74, 6) is 0.560. The van der Waals surface area contributed by atoms with Crippen LogP contribution in [0.2, 0.25) is 0 Å². The maximum Gasteiger partial charge on any atom is 0.298 e. The maximum atomic E-state index is 10.6. The molecule has 4 nitrogen and oxygen atoms in total. The van der Waals surface area contributed by atoms with Crippen LogP contribution in [0.4, 0.5) is 5.69 Å². The molecule has 0 bridgehead atoms. The molecule has 0 saturated heterocycles. The predicted molar refractivity (Wildman–Crippen MR) is 117 cm³/mol. The number of carbonyl (C=O) groups is 1. The second-order valence-corrected chi connectivity index (χ2v) is 7.85. The summed E-state index contributed by atoms with van der Waals surface area (Å²) < 4.78 is 8.19. The van der Waals surface area contributed by atoms with Crippen molar-refractivity contribution < 1.29 is 14.1 Å².